The standard InChI is InChI=1S/C20H22N2O3/c1-21-20(24)15-8-9-18(25-2)16(12-15)10-14-11-19(23)22(13-14)17-6-4-3-5-7-17/h3-9,12,14H,10-11,13H2,1-2H3,(H,21,24)/t14-/m1/s1. The molecule has 1 atom stereocenters. The van der Waals surface area contributed by atoms with Crippen LogP contribution in [0.3, 0.4) is 0 Å². The van der Waals surface area contributed by atoms with E-state index in [4.69, 9.17) is 4.74 Å². The minimum absolute atomic E-state index is 0.127. The smallest absolute Gasteiger partial charge is 0.251 e. The van der Waals surface area contributed by atoms with Crippen molar-refractivity contribution in [2.24, 2.45) is 5.92 Å². The topological polar surface area (TPSA) is 58.6 Å². The molecule has 1 heterocycles. The molecule has 1 N–H and O–H groups in total. The fourth-order valence-electron chi connectivity index (χ4n) is 3.31. The van der Waals surface area contributed by atoms with E-state index in [1.54, 1.807) is 20.2 Å². The van der Waals surface area contributed by atoms with Crippen molar-refractivity contribution in [2.75, 3.05) is 25.6 Å². The van der Waals surface area contributed by atoms with Gasteiger partial charge >= 0.3 is 0 Å². The number of ether oxygens (including phenoxy) is 1. The molecule has 1 fully saturated rings. The number of amides is 2. The highest BCUT2D eigenvalue weighted by Crippen LogP contribution is 2.30. The van der Waals surface area contributed by atoms with Crippen LogP contribution in [0.25, 0.3) is 0 Å². The molecular weight excluding hydrogens is 316 g/mol. The lowest BCUT2D eigenvalue weighted by atomic mass is 9.96. The molecule has 130 valence electrons. The van der Waals surface area contributed by atoms with E-state index in [2.05, 4.69) is 5.32 Å². The number of benzene rings is 2. The number of carbonyl (C=O) groups excluding carboxylic acids is 2. The fourth-order valence-corrected chi connectivity index (χ4v) is 3.31. The molecule has 0 aliphatic carbocycles. The highest BCUT2D eigenvalue weighted by atomic mass is 16.5. The van der Waals surface area contributed by atoms with Gasteiger partial charge in [-0.3, -0.25) is 9.59 Å². The van der Waals surface area contributed by atoms with Crippen LogP contribution in [-0.4, -0.2) is 32.5 Å². The molecule has 0 aromatic heterocycles. The van der Waals surface area contributed by atoms with Crippen molar-refractivity contribution in [2.45, 2.75) is 12.8 Å². The number of nitrogens with one attached hydrogen (secondary N) is 1. The normalized spacial score (nSPS) is 16.8. The first-order chi connectivity index (χ1) is 12.1. The number of para-hydroxylation sites is 1. The average molecular weight is 338 g/mol. The zero-order chi connectivity index (χ0) is 17.8. The minimum atomic E-state index is -0.127. The number of anilines is 1. The summed E-state index contributed by atoms with van der Waals surface area (Å²) in [4.78, 5) is 26.1. The van der Waals surface area contributed by atoms with E-state index in [0.29, 0.717) is 24.9 Å². The molecule has 0 radical (unpaired) electrons. The second kappa shape index (κ2) is 7.38. The third kappa shape index (κ3) is 3.65. The summed E-state index contributed by atoms with van der Waals surface area (Å²) >= 11 is 0. The van der Waals surface area contributed by atoms with E-state index >= 15 is 0 Å². The molecular formula is C20H22N2O3. The first-order valence-electron chi connectivity index (χ1n) is 8.36. The second-order valence-electron chi connectivity index (χ2n) is 6.22. The second-order valence-corrected chi connectivity index (χ2v) is 6.22. The Kier molecular flexibility index (Phi) is 5.03. The summed E-state index contributed by atoms with van der Waals surface area (Å²) in [5, 5.41) is 2.63. The summed E-state index contributed by atoms with van der Waals surface area (Å²) in [6.07, 6.45) is 1.20. The van der Waals surface area contributed by atoms with Crippen LogP contribution in [0.15, 0.2) is 48.5 Å². The van der Waals surface area contributed by atoms with E-state index in [1.165, 1.54) is 0 Å². The van der Waals surface area contributed by atoms with Crippen LogP contribution >= 0.6 is 0 Å². The monoisotopic (exact) mass is 338 g/mol. The number of methoxy groups -OCH3 is 1. The van der Waals surface area contributed by atoms with Gasteiger partial charge in [0.2, 0.25) is 5.91 Å². The lowest BCUT2D eigenvalue weighted by Gasteiger charge is -2.17. The van der Waals surface area contributed by atoms with Gasteiger partial charge in [-0.25, -0.2) is 0 Å². The van der Waals surface area contributed by atoms with Crippen LogP contribution in [0.2, 0.25) is 0 Å². The van der Waals surface area contributed by atoms with E-state index in [-0.39, 0.29) is 17.7 Å². The molecule has 5 heteroatoms. The summed E-state index contributed by atoms with van der Waals surface area (Å²) in [6.45, 7) is 0.677. The molecule has 3 rings (SSSR count). The summed E-state index contributed by atoms with van der Waals surface area (Å²) < 4.78 is 5.43. The van der Waals surface area contributed by atoms with Gasteiger partial charge in [0, 0.05) is 31.3 Å². The Hall–Kier alpha value is -2.82. The largest absolute Gasteiger partial charge is 0.496 e. The quantitative estimate of drug-likeness (QED) is 0.912. The minimum Gasteiger partial charge on any atom is -0.496 e. The van der Waals surface area contributed by atoms with Gasteiger partial charge in [0.15, 0.2) is 0 Å². The van der Waals surface area contributed by atoms with Crippen LogP contribution in [0.4, 0.5) is 5.69 Å². The third-order valence-electron chi connectivity index (χ3n) is 4.55. The third-order valence-corrected chi connectivity index (χ3v) is 4.55. The van der Waals surface area contributed by atoms with Gasteiger partial charge < -0.3 is 15.0 Å². The number of hydrogen-bond donors (Lipinski definition) is 1. The van der Waals surface area contributed by atoms with Crippen molar-refractivity contribution in [1.29, 1.82) is 0 Å². The maximum Gasteiger partial charge on any atom is 0.251 e. The number of hydrogen-bond acceptors (Lipinski definition) is 3. The maximum absolute atomic E-state index is 12.4. The molecule has 25 heavy (non-hydrogen) atoms. The first kappa shape index (κ1) is 17.0. The molecule has 1 aliphatic heterocycles. The van der Waals surface area contributed by atoms with Crippen molar-refractivity contribution in [3.63, 3.8) is 0 Å². The van der Waals surface area contributed by atoms with E-state index in [1.807, 2.05) is 47.4 Å². The van der Waals surface area contributed by atoms with Gasteiger partial charge in [0.25, 0.3) is 5.91 Å². The molecule has 2 aromatic carbocycles. The Bertz CT molecular complexity index is 774. The van der Waals surface area contributed by atoms with Crippen LogP contribution in [0.1, 0.15) is 22.3 Å². The molecule has 1 aliphatic rings. The summed E-state index contributed by atoms with van der Waals surface area (Å²) in [5.41, 5.74) is 2.49. The van der Waals surface area contributed by atoms with Crippen molar-refractivity contribution < 1.29 is 14.3 Å². The number of rotatable bonds is 5. The summed E-state index contributed by atoms with van der Waals surface area (Å²) in [7, 11) is 3.23. The van der Waals surface area contributed by atoms with Crippen molar-refractivity contribution in [3.05, 3.63) is 59.7 Å². The lowest BCUT2D eigenvalue weighted by molar-refractivity contribution is -0.117. The average Bonchev–Trinajstić information content (AvgIpc) is 3.02. The van der Waals surface area contributed by atoms with Crippen LogP contribution in [-0.2, 0) is 11.2 Å². The highest BCUT2D eigenvalue weighted by molar-refractivity contribution is 5.96. The molecule has 0 saturated carbocycles. The van der Waals surface area contributed by atoms with Crippen molar-refractivity contribution >= 4 is 17.5 Å². The van der Waals surface area contributed by atoms with Crippen molar-refractivity contribution in [3.8, 4) is 5.75 Å². The van der Waals surface area contributed by atoms with E-state index in [9.17, 15) is 9.59 Å². The van der Waals surface area contributed by atoms with E-state index in [0.717, 1.165) is 17.0 Å². The fraction of sp³-hybridized carbons (Fsp3) is 0.300. The highest BCUT2D eigenvalue weighted by Gasteiger charge is 2.31. The zero-order valence-electron chi connectivity index (χ0n) is 14.5. The van der Waals surface area contributed by atoms with Gasteiger partial charge in [-0.1, -0.05) is 18.2 Å². The van der Waals surface area contributed by atoms with Gasteiger partial charge in [0.1, 0.15) is 5.75 Å². The number of nitrogens with zero attached hydrogens (tertiary/aromatic N) is 1. The van der Waals surface area contributed by atoms with Crippen LogP contribution in [0.5, 0.6) is 5.75 Å². The molecule has 0 spiro atoms. The Morgan fingerprint density at radius 2 is 2.00 bits per heavy atom. The Morgan fingerprint density at radius 1 is 1.24 bits per heavy atom. The first-order valence-corrected chi connectivity index (χ1v) is 8.36. The Labute approximate surface area is 147 Å². The van der Waals surface area contributed by atoms with Crippen LogP contribution < -0.4 is 15.0 Å². The van der Waals surface area contributed by atoms with Crippen LogP contribution in [0, 0.1) is 5.92 Å². The lowest BCUT2D eigenvalue weighted by Crippen LogP contribution is -2.24. The maximum atomic E-state index is 12.4. The van der Waals surface area contributed by atoms with E-state index < -0.39 is 0 Å². The predicted octanol–water partition coefficient (Wildman–Crippen LogP) is 2.65. The van der Waals surface area contributed by atoms with Gasteiger partial charge in [-0.05, 0) is 48.2 Å². The molecule has 2 amide bonds. The number of carbonyl (C=O) groups is 2. The Balaban J connectivity index is 1.78. The molecule has 0 bridgehead atoms. The molecule has 0 unspecified atom stereocenters. The molecule has 1 saturated heterocycles. The zero-order valence-corrected chi connectivity index (χ0v) is 14.5. The van der Waals surface area contributed by atoms with Gasteiger partial charge in [0.05, 0.1) is 7.11 Å². The summed E-state index contributed by atoms with van der Waals surface area (Å²) in [6, 6.07) is 15.1. The van der Waals surface area contributed by atoms with Gasteiger partial charge in [-0.15, -0.1) is 0 Å². The predicted molar refractivity (Wildman–Crippen MR) is 97.0 cm³/mol. The van der Waals surface area contributed by atoms with Gasteiger partial charge in [-0.2, -0.15) is 0 Å². The molecule has 2 aromatic rings. The summed E-state index contributed by atoms with van der Waals surface area (Å²) in [5.74, 6) is 0.953. The SMILES string of the molecule is CNC(=O)c1ccc(OC)c(C[C@@H]2CC(=O)N(c3ccccc3)C2)c1. The van der Waals surface area contributed by atoms with Crippen molar-refractivity contribution in [1.82, 2.24) is 5.32 Å². The Morgan fingerprint density at radius 3 is 2.68 bits per heavy atom. The molecule has 5 nitrogen and oxygen atoms in total.